The van der Waals surface area contributed by atoms with Gasteiger partial charge in [0.05, 0.1) is 10.5 Å². The van der Waals surface area contributed by atoms with Gasteiger partial charge in [0.1, 0.15) is 11.2 Å². The Balaban J connectivity index is 1.20. The Morgan fingerprint density at radius 2 is 1.71 bits per heavy atom. The second kappa shape index (κ2) is 9.46. The minimum Gasteiger partial charge on any atom is -0.350 e. The molecule has 8 nitrogen and oxygen atoms in total. The molecule has 2 N–H and O–H groups in total. The number of halogens is 1. The van der Waals surface area contributed by atoms with Crippen molar-refractivity contribution in [1.29, 1.82) is 0 Å². The van der Waals surface area contributed by atoms with Gasteiger partial charge in [-0.3, -0.25) is 9.59 Å². The third kappa shape index (κ3) is 4.33. The van der Waals surface area contributed by atoms with Crippen LogP contribution < -0.4 is 10.6 Å². The highest BCUT2D eigenvalue weighted by Crippen LogP contribution is 2.39. The van der Waals surface area contributed by atoms with Gasteiger partial charge >= 0.3 is 0 Å². The summed E-state index contributed by atoms with van der Waals surface area (Å²) in [6.07, 6.45) is 1.24. The van der Waals surface area contributed by atoms with Crippen LogP contribution in [0.15, 0.2) is 83.4 Å². The van der Waals surface area contributed by atoms with Gasteiger partial charge in [-0.25, -0.2) is 0 Å². The Morgan fingerprint density at radius 3 is 2.39 bits per heavy atom. The largest absolute Gasteiger partial charge is 0.350 e. The Hall–Kier alpha value is -4.43. The van der Waals surface area contributed by atoms with Crippen molar-refractivity contribution in [3.63, 3.8) is 0 Å². The van der Waals surface area contributed by atoms with Crippen molar-refractivity contribution in [2.75, 3.05) is 0 Å². The van der Waals surface area contributed by atoms with Crippen LogP contribution in [0.4, 0.5) is 0 Å². The summed E-state index contributed by atoms with van der Waals surface area (Å²) in [4.78, 5) is 29.9. The number of aryl methyl sites for hydroxylation is 1. The Labute approximate surface area is 223 Å². The molecule has 9 heteroatoms. The smallest absolute Gasteiger partial charge is 0.252 e. The molecule has 2 heterocycles. The Bertz CT molecular complexity index is 1650. The van der Waals surface area contributed by atoms with Crippen molar-refractivity contribution >= 4 is 34.3 Å². The standard InChI is InChI=1S/C29H24ClN5O3/c1-18-32-26(34-38-18)25-24(30)22-9-5-6-10-23(22)35(25)21-13-11-19(12-14-21)17-31-28(37)29(15-16-29)33-27(36)20-7-3-2-4-8-20/h2-14H,15-17H2,1H3,(H,31,37)(H,33,36). The maximum absolute atomic E-state index is 12.9. The Kier molecular flexibility index (Phi) is 5.96. The van der Waals surface area contributed by atoms with Gasteiger partial charge in [0.25, 0.3) is 5.91 Å². The molecule has 0 unspecified atom stereocenters. The highest BCUT2D eigenvalue weighted by molar-refractivity contribution is 6.38. The number of nitrogens with one attached hydrogen (secondary N) is 2. The van der Waals surface area contributed by atoms with Crippen LogP contribution in [0.5, 0.6) is 0 Å². The minimum atomic E-state index is -0.842. The topological polar surface area (TPSA) is 102 Å². The quantitative estimate of drug-likeness (QED) is 0.303. The number of hydrogen-bond donors (Lipinski definition) is 2. The molecule has 0 radical (unpaired) electrons. The van der Waals surface area contributed by atoms with Gasteiger partial charge in [-0.1, -0.05) is 65.3 Å². The van der Waals surface area contributed by atoms with Crippen LogP contribution in [0.3, 0.4) is 0 Å². The molecule has 1 saturated carbocycles. The number of benzene rings is 3. The number of fused-ring (bicyclic) bond motifs is 1. The molecular formula is C29H24ClN5O3. The molecule has 2 amide bonds. The predicted molar refractivity (Wildman–Crippen MR) is 144 cm³/mol. The molecule has 6 rings (SSSR count). The van der Waals surface area contributed by atoms with Gasteiger partial charge in [-0.15, -0.1) is 0 Å². The molecule has 2 aromatic heterocycles. The number of hydrogen-bond acceptors (Lipinski definition) is 5. The fraction of sp³-hybridized carbons (Fsp3) is 0.172. The first-order valence-electron chi connectivity index (χ1n) is 12.3. The number of carbonyl (C=O) groups excluding carboxylic acids is 2. The number of carbonyl (C=O) groups is 2. The zero-order chi connectivity index (χ0) is 26.3. The van der Waals surface area contributed by atoms with Gasteiger partial charge in [0.2, 0.25) is 17.6 Å². The molecular weight excluding hydrogens is 502 g/mol. The maximum Gasteiger partial charge on any atom is 0.252 e. The molecule has 3 aromatic carbocycles. The normalized spacial score (nSPS) is 13.8. The van der Waals surface area contributed by atoms with Crippen LogP contribution in [0.2, 0.25) is 5.02 Å². The van der Waals surface area contributed by atoms with E-state index in [0.717, 1.165) is 22.2 Å². The van der Waals surface area contributed by atoms with Crippen molar-refractivity contribution in [3.8, 4) is 17.2 Å². The summed E-state index contributed by atoms with van der Waals surface area (Å²) >= 11 is 6.78. The average molecular weight is 526 g/mol. The molecule has 38 heavy (non-hydrogen) atoms. The van der Waals surface area contributed by atoms with Crippen LogP contribution in [0, 0.1) is 6.92 Å². The van der Waals surface area contributed by atoms with Crippen molar-refractivity contribution in [2.24, 2.45) is 0 Å². The molecule has 1 aliphatic carbocycles. The zero-order valence-electron chi connectivity index (χ0n) is 20.6. The summed E-state index contributed by atoms with van der Waals surface area (Å²) in [5.41, 5.74) is 3.05. The van der Waals surface area contributed by atoms with Crippen LogP contribution in [-0.4, -0.2) is 32.1 Å². The summed E-state index contributed by atoms with van der Waals surface area (Å²) in [6, 6.07) is 24.6. The fourth-order valence-electron chi connectivity index (χ4n) is 4.59. The fourth-order valence-corrected chi connectivity index (χ4v) is 4.92. The van der Waals surface area contributed by atoms with Gasteiger partial charge in [0.15, 0.2) is 0 Å². The third-order valence-corrected chi connectivity index (χ3v) is 7.16. The second-order valence-corrected chi connectivity index (χ2v) is 9.78. The Morgan fingerprint density at radius 1 is 1.00 bits per heavy atom. The highest BCUT2D eigenvalue weighted by Gasteiger charge is 2.51. The number of aromatic nitrogens is 3. The van der Waals surface area contributed by atoms with E-state index in [1.54, 1.807) is 31.2 Å². The second-order valence-electron chi connectivity index (χ2n) is 9.40. The molecule has 190 valence electrons. The van der Waals surface area contributed by atoms with Gasteiger partial charge in [0, 0.05) is 30.1 Å². The van der Waals surface area contributed by atoms with E-state index in [0.29, 0.717) is 47.4 Å². The molecule has 0 bridgehead atoms. The van der Waals surface area contributed by atoms with Crippen molar-refractivity contribution in [1.82, 2.24) is 25.3 Å². The lowest BCUT2D eigenvalue weighted by Gasteiger charge is -2.17. The van der Waals surface area contributed by atoms with E-state index >= 15 is 0 Å². The molecule has 0 saturated heterocycles. The van der Waals surface area contributed by atoms with Gasteiger partial charge in [-0.2, -0.15) is 4.98 Å². The third-order valence-electron chi connectivity index (χ3n) is 6.77. The monoisotopic (exact) mass is 525 g/mol. The van der Waals surface area contributed by atoms with E-state index < -0.39 is 5.54 Å². The van der Waals surface area contributed by atoms with E-state index in [4.69, 9.17) is 16.1 Å². The van der Waals surface area contributed by atoms with E-state index in [1.165, 1.54) is 0 Å². The molecule has 5 aromatic rings. The predicted octanol–water partition coefficient (Wildman–Crippen LogP) is 5.22. The van der Waals surface area contributed by atoms with Crippen molar-refractivity contribution in [3.05, 3.63) is 101 Å². The van der Waals surface area contributed by atoms with Crippen molar-refractivity contribution < 1.29 is 14.1 Å². The summed E-state index contributed by atoms with van der Waals surface area (Å²) in [7, 11) is 0. The van der Waals surface area contributed by atoms with E-state index in [9.17, 15) is 9.59 Å². The van der Waals surface area contributed by atoms with Crippen molar-refractivity contribution in [2.45, 2.75) is 31.8 Å². The van der Waals surface area contributed by atoms with Gasteiger partial charge < -0.3 is 19.7 Å². The van der Waals surface area contributed by atoms with E-state index in [-0.39, 0.29) is 11.8 Å². The van der Waals surface area contributed by atoms with Gasteiger partial charge in [-0.05, 0) is 48.7 Å². The number of para-hydroxylation sites is 1. The summed E-state index contributed by atoms with van der Waals surface area (Å²) in [6.45, 7) is 2.07. The first-order chi connectivity index (χ1) is 18.4. The molecule has 0 aliphatic heterocycles. The first-order valence-corrected chi connectivity index (χ1v) is 12.7. The number of amides is 2. The molecule has 1 aliphatic rings. The van der Waals surface area contributed by atoms with Crippen LogP contribution in [0.25, 0.3) is 28.1 Å². The SMILES string of the molecule is Cc1nc(-c2c(Cl)c3ccccc3n2-c2ccc(CNC(=O)C3(NC(=O)c4ccccc4)CC3)cc2)no1. The summed E-state index contributed by atoms with van der Waals surface area (Å²) < 4.78 is 7.22. The lowest BCUT2D eigenvalue weighted by atomic mass is 10.1. The molecule has 1 fully saturated rings. The van der Waals surface area contributed by atoms with Crippen LogP contribution in [0.1, 0.15) is 34.7 Å². The van der Waals surface area contributed by atoms with Crippen LogP contribution >= 0.6 is 11.6 Å². The van der Waals surface area contributed by atoms with E-state index in [1.807, 2.05) is 59.2 Å². The zero-order valence-corrected chi connectivity index (χ0v) is 21.3. The minimum absolute atomic E-state index is 0.177. The summed E-state index contributed by atoms with van der Waals surface area (Å²) in [5, 5.41) is 11.4. The highest BCUT2D eigenvalue weighted by atomic mass is 35.5. The molecule has 0 atom stereocenters. The average Bonchev–Trinajstić information content (AvgIpc) is 3.51. The lowest BCUT2D eigenvalue weighted by molar-refractivity contribution is -0.124. The lowest BCUT2D eigenvalue weighted by Crippen LogP contribution is -2.48. The van der Waals surface area contributed by atoms with Crippen LogP contribution in [-0.2, 0) is 11.3 Å². The van der Waals surface area contributed by atoms with E-state index in [2.05, 4.69) is 20.8 Å². The number of rotatable bonds is 7. The summed E-state index contributed by atoms with van der Waals surface area (Å²) in [5.74, 6) is 0.441. The maximum atomic E-state index is 12.9. The molecule has 0 spiro atoms. The number of nitrogens with zero attached hydrogens (tertiary/aromatic N) is 3. The first kappa shape index (κ1) is 23.9.